The fraction of sp³-hybridized carbons (Fsp3) is 0.385. The van der Waals surface area contributed by atoms with E-state index in [9.17, 15) is 4.79 Å². The van der Waals surface area contributed by atoms with Crippen LogP contribution in [0.4, 0.5) is 0 Å². The number of carbonyl (C=O) groups is 1. The summed E-state index contributed by atoms with van der Waals surface area (Å²) in [6.07, 6.45) is 6.96. The summed E-state index contributed by atoms with van der Waals surface area (Å²) in [5, 5.41) is 0. The van der Waals surface area contributed by atoms with Gasteiger partial charge < -0.3 is 4.98 Å². The number of H-pyrrole nitrogens is 1. The molecule has 0 spiro atoms. The molecule has 0 atom stereocenters. The molecule has 1 aliphatic rings. The molecule has 0 bridgehead atoms. The zero-order chi connectivity index (χ0) is 12.0. The van der Waals surface area contributed by atoms with Crippen LogP contribution in [0.15, 0.2) is 24.7 Å². The Bertz CT molecular complexity index is 564. The third-order valence-corrected chi connectivity index (χ3v) is 3.29. The maximum absolute atomic E-state index is 12.0. The van der Waals surface area contributed by atoms with Gasteiger partial charge in [-0.15, -0.1) is 0 Å². The number of carbonyl (C=O) groups excluding carboxylic acids is 1. The van der Waals surface area contributed by atoms with Crippen LogP contribution in [0.5, 0.6) is 0 Å². The van der Waals surface area contributed by atoms with E-state index < -0.39 is 0 Å². The molecule has 0 saturated heterocycles. The number of rotatable bonds is 1. The molecular formula is C13H15N3O. The van der Waals surface area contributed by atoms with Crippen LogP contribution in [-0.4, -0.2) is 20.3 Å². The molecule has 0 radical (unpaired) electrons. The van der Waals surface area contributed by atoms with Crippen LogP contribution in [0, 0.1) is 5.41 Å². The molecule has 2 heterocycles. The lowest BCUT2D eigenvalue weighted by Gasteiger charge is -2.29. The first-order valence-electron chi connectivity index (χ1n) is 5.80. The lowest BCUT2D eigenvalue weighted by molar-refractivity contribution is 0.0911. The number of nitrogens with one attached hydrogen (secondary N) is 1. The monoisotopic (exact) mass is 229 g/mol. The van der Waals surface area contributed by atoms with Gasteiger partial charge in [-0.05, 0) is 17.9 Å². The minimum Gasteiger partial charge on any atom is -0.330 e. The highest BCUT2D eigenvalue weighted by Gasteiger charge is 2.33. The van der Waals surface area contributed by atoms with Crippen LogP contribution in [-0.2, 0) is 6.42 Å². The van der Waals surface area contributed by atoms with E-state index in [0.717, 1.165) is 23.6 Å². The molecule has 1 aliphatic carbocycles. The van der Waals surface area contributed by atoms with Gasteiger partial charge in [-0.25, -0.2) is 4.98 Å². The summed E-state index contributed by atoms with van der Waals surface area (Å²) in [6.45, 7) is 4.26. The number of fused-ring (bicyclic) bond motifs is 1. The highest BCUT2D eigenvalue weighted by atomic mass is 16.1. The molecule has 2 aromatic heterocycles. The Labute approximate surface area is 99.7 Å². The van der Waals surface area contributed by atoms with E-state index in [1.807, 2.05) is 16.8 Å². The van der Waals surface area contributed by atoms with E-state index in [2.05, 4.69) is 23.8 Å². The second kappa shape index (κ2) is 3.32. The smallest absolute Gasteiger partial charge is 0.211 e. The van der Waals surface area contributed by atoms with Gasteiger partial charge in [-0.1, -0.05) is 13.8 Å². The normalized spacial score (nSPS) is 18.1. The summed E-state index contributed by atoms with van der Waals surface area (Å²) >= 11 is 0. The average molecular weight is 229 g/mol. The lowest BCUT2D eigenvalue weighted by atomic mass is 9.76. The third-order valence-electron chi connectivity index (χ3n) is 3.29. The van der Waals surface area contributed by atoms with Gasteiger partial charge in [0, 0.05) is 36.3 Å². The lowest BCUT2D eigenvalue weighted by Crippen LogP contribution is -2.27. The van der Waals surface area contributed by atoms with E-state index in [1.54, 1.807) is 12.4 Å². The van der Waals surface area contributed by atoms with Crippen LogP contribution in [0.2, 0.25) is 0 Å². The van der Waals surface area contributed by atoms with Crippen molar-refractivity contribution >= 4 is 5.78 Å². The van der Waals surface area contributed by atoms with Gasteiger partial charge in [0.25, 0.3) is 0 Å². The predicted octanol–water partition coefficient (Wildman–Crippen LogP) is 2.36. The minimum absolute atomic E-state index is 0.0345. The SMILES string of the molecule is CC1(C)CC(=O)c2ccn(-c3ncc[nH]3)c2C1. The maximum atomic E-state index is 12.0. The zero-order valence-corrected chi connectivity index (χ0v) is 10.0. The van der Waals surface area contributed by atoms with E-state index in [1.165, 1.54) is 0 Å². The number of aromatic nitrogens is 3. The van der Waals surface area contributed by atoms with Crippen LogP contribution < -0.4 is 0 Å². The van der Waals surface area contributed by atoms with Crippen molar-refractivity contribution in [1.82, 2.24) is 14.5 Å². The van der Waals surface area contributed by atoms with E-state index in [4.69, 9.17) is 0 Å². The number of ketones is 1. The maximum Gasteiger partial charge on any atom is 0.211 e. The standard InChI is InChI=1S/C13H15N3O/c1-13(2)7-10-9(11(17)8-13)3-6-16(10)12-14-4-5-15-12/h3-6H,7-8H2,1-2H3,(H,14,15). The summed E-state index contributed by atoms with van der Waals surface area (Å²) in [5.74, 6) is 1.01. The molecule has 88 valence electrons. The van der Waals surface area contributed by atoms with Crippen molar-refractivity contribution in [2.24, 2.45) is 5.41 Å². The fourth-order valence-electron chi connectivity index (χ4n) is 2.53. The molecular weight excluding hydrogens is 214 g/mol. The number of nitrogens with zero attached hydrogens (tertiary/aromatic N) is 2. The first kappa shape index (κ1) is 10.3. The molecule has 4 nitrogen and oxygen atoms in total. The molecule has 4 heteroatoms. The Hall–Kier alpha value is -1.84. The Morgan fingerprint density at radius 2 is 2.24 bits per heavy atom. The Morgan fingerprint density at radius 3 is 2.94 bits per heavy atom. The molecule has 3 rings (SSSR count). The quantitative estimate of drug-likeness (QED) is 0.816. The molecule has 0 aromatic carbocycles. The molecule has 0 fully saturated rings. The van der Waals surface area contributed by atoms with E-state index >= 15 is 0 Å². The third kappa shape index (κ3) is 1.60. The van der Waals surface area contributed by atoms with Crippen LogP contribution in [0.25, 0.3) is 5.95 Å². The fourth-order valence-corrected chi connectivity index (χ4v) is 2.53. The Morgan fingerprint density at radius 1 is 1.41 bits per heavy atom. The molecule has 0 aliphatic heterocycles. The highest BCUT2D eigenvalue weighted by Crippen LogP contribution is 2.35. The topological polar surface area (TPSA) is 50.7 Å². The summed E-state index contributed by atoms with van der Waals surface area (Å²) in [6, 6.07) is 1.90. The van der Waals surface area contributed by atoms with Gasteiger partial charge >= 0.3 is 0 Å². The van der Waals surface area contributed by atoms with Crippen molar-refractivity contribution in [2.45, 2.75) is 26.7 Å². The molecule has 0 saturated carbocycles. The molecule has 17 heavy (non-hydrogen) atoms. The van der Waals surface area contributed by atoms with Crippen molar-refractivity contribution in [3.63, 3.8) is 0 Å². The summed E-state index contributed by atoms with van der Waals surface area (Å²) < 4.78 is 1.98. The number of hydrogen-bond donors (Lipinski definition) is 1. The summed E-state index contributed by atoms with van der Waals surface area (Å²) in [4.78, 5) is 19.3. The summed E-state index contributed by atoms with van der Waals surface area (Å²) in [7, 11) is 0. The second-order valence-corrected chi connectivity index (χ2v) is 5.40. The van der Waals surface area contributed by atoms with Gasteiger partial charge in [0.05, 0.1) is 0 Å². The molecule has 0 unspecified atom stereocenters. The minimum atomic E-state index is 0.0345. The number of imidazole rings is 1. The molecule has 1 N–H and O–H groups in total. The largest absolute Gasteiger partial charge is 0.330 e. The number of hydrogen-bond acceptors (Lipinski definition) is 2. The van der Waals surface area contributed by atoms with E-state index in [-0.39, 0.29) is 11.2 Å². The first-order valence-corrected chi connectivity index (χ1v) is 5.80. The van der Waals surface area contributed by atoms with Gasteiger partial charge in [0.2, 0.25) is 5.95 Å². The molecule has 2 aromatic rings. The van der Waals surface area contributed by atoms with Gasteiger partial charge in [0.1, 0.15) is 0 Å². The van der Waals surface area contributed by atoms with Crippen molar-refractivity contribution in [3.8, 4) is 5.95 Å². The summed E-state index contributed by atoms with van der Waals surface area (Å²) in [5.41, 5.74) is 1.95. The van der Waals surface area contributed by atoms with Crippen LogP contribution >= 0.6 is 0 Å². The van der Waals surface area contributed by atoms with Gasteiger partial charge in [-0.2, -0.15) is 0 Å². The molecule has 0 amide bonds. The highest BCUT2D eigenvalue weighted by molar-refractivity contribution is 5.98. The number of aromatic amines is 1. The van der Waals surface area contributed by atoms with Crippen LogP contribution in [0.1, 0.15) is 36.3 Å². The Kier molecular flexibility index (Phi) is 2.02. The first-order chi connectivity index (χ1) is 8.07. The van der Waals surface area contributed by atoms with Crippen molar-refractivity contribution in [2.75, 3.05) is 0 Å². The van der Waals surface area contributed by atoms with Crippen molar-refractivity contribution in [3.05, 3.63) is 35.9 Å². The number of Topliss-reactive ketones (excluding diaryl/α,β-unsaturated/α-hetero) is 1. The predicted molar refractivity (Wildman–Crippen MR) is 64.3 cm³/mol. The van der Waals surface area contributed by atoms with Crippen molar-refractivity contribution in [1.29, 1.82) is 0 Å². The zero-order valence-electron chi connectivity index (χ0n) is 10.0. The van der Waals surface area contributed by atoms with Gasteiger partial charge in [0.15, 0.2) is 5.78 Å². The second-order valence-electron chi connectivity index (χ2n) is 5.40. The van der Waals surface area contributed by atoms with Crippen LogP contribution in [0.3, 0.4) is 0 Å². The van der Waals surface area contributed by atoms with Gasteiger partial charge in [-0.3, -0.25) is 9.36 Å². The Balaban J connectivity index is 2.14. The average Bonchev–Trinajstić information content (AvgIpc) is 2.82. The van der Waals surface area contributed by atoms with Crippen molar-refractivity contribution < 1.29 is 4.79 Å². The van der Waals surface area contributed by atoms with E-state index in [0.29, 0.717) is 6.42 Å².